The van der Waals surface area contributed by atoms with E-state index in [0.717, 1.165) is 24.6 Å². The van der Waals surface area contributed by atoms with Crippen LogP contribution in [0.5, 0.6) is 0 Å². The van der Waals surface area contributed by atoms with Gasteiger partial charge in [-0.3, -0.25) is 0 Å². The Morgan fingerprint density at radius 3 is 3.06 bits per heavy atom. The molecule has 16 heavy (non-hydrogen) atoms. The first-order valence-corrected chi connectivity index (χ1v) is 7.18. The van der Waals surface area contributed by atoms with Crippen LogP contribution in [0, 0.1) is 0 Å². The maximum absolute atomic E-state index is 9.59. The van der Waals surface area contributed by atoms with Gasteiger partial charge in [-0.25, -0.2) is 0 Å². The van der Waals surface area contributed by atoms with Gasteiger partial charge in [0.05, 0.1) is 6.10 Å². The largest absolute Gasteiger partial charge is 0.393 e. The number of hydrogen-bond acceptors (Lipinski definition) is 4. The Kier molecular flexibility index (Phi) is 2.90. The summed E-state index contributed by atoms with van der Waals surface area (Å²) in [6, 6.07) is 0. The van der Waals surface area contributed by atoms with E-state index in [0.29, 0.717) is 12.3 Å². The second-order valence-corrected chi connectivity index (χ2v) is 5.84. The average molecular weight is 239 g/mol. The van der Waals surface area contributed by atoms with Crippen molar-refractivity contribution in [2.45, 2.75) is 44.2 Å². The van der Waals surface area contributed by atoms with Gasteiger partial charge >= 0.3 is 0 Å². The topological polar surface area (TPSA) is 50.9 Å². The van der Waals surface area contributed by atoms with Crippen LogP contribution in [0.25, 0.3) is 0 Å². The monoisotopic (exact) mass is 239 g/mol. The number of fused-ring (bicyclic) bond motifs is 1. The van der Waals surface area contributed by atoms with Gasteiger partial charge in [0, 0.05) is 24.6 Å². The van der Waals surface area contributed by atoms with Gasteiger partial charge in [0.25, 0.3) is 0 Å². The third-order valence-corrected chi connectivity index (χ3v) is 4.70. The Hall–Kier alpha value is -0.550. The van der Waals surface area contributed by atoms with Crippen LogP contribution in [-0.4, -0.2) is 37.5 Å². The molecule has 2 aliphatic heterocycles. The Labute approximate surface area is 99.4 Å². The Balaban J connectivity index is 1.85. The van der Waals surface area contributed by atoms with E-state index in [1.165, 1.54) is 24.3 Å². The first kappa shape index (κ1) is 10.6. The van der Waals surface area contributed by atoms with Crippen LogP contribution in [0.2, 0.25) is 0 Å². The van der Waals surface area contributed by atoms with Crippen LogP contribution >= 0.6 is 11.8 Å². The summed E-state index contributed by atoms with van der Waals surface area (Å²) in [5, 5.41) is 18.2. The molecule has 0 amide bonds. The molecule has 1 N–H and O–H groups in total. The predicted octanol–water partition coefficient (Wildman–Crippen LogP) is 1.20. The minimum absolute atomic E-state index is 0.217. The molecule has 2 atom stereocenters. The van der Waals surface area contributed by atoms with Gasteiger partial charge in [0.2, 0.25) is 0 Å². The minimum Gasteiger partial charge on any atom is -0.393 e. The molecule has 4 nitrogen and oxygen atoms in total. The van der Waals surface area contributed by atoms with E-state index in [1.54, 1.807) is 0 Å². The average Bonchev–Trinajstić information content (AvgIpc) is 2.73. The molecule has 5 heteroatoms. The second kappa shape index (κ2) is 4.37. The number of aliphatic hydroxyl groups is 1. The van der Waals surface area contributed by atoms with E-state index in [1.807, 2.05) is 11.8 Å². The maximum Gasteiger partial charge on any atom is 0.136 e. The molecule has 1 saturated heterocycles. The zero-order chi connectivity index (χ0) is 11.0. The molecule has 1 fully saturated rings. The summed E-state index contributed by atoms with van der Waals surface area (Å²) in [6.45, 7) is 0.889. The number of rotatable bonds is 1. The Morgan fingerprint density at radius 2 is 2.25 bits per heavy atom. The summed E-state index contributed by atoms with van der Waals surface area (Å²) >= 11 is 2.02. The molecule has 2 unspecified atom stereocenters. The van der Waals surface area contributed by atoms with Crippen LogP contribution in [0.1, 0.15) is 36.8 Å². The van der Waals surface area contributed by atoms with E-state index in [4.69, 9.17) is 0 Å². The third kappa shape index (κ3) is 1.86. The Bertz CT molecular complexity index is 373. The second-order valence-electron chi connectivity index (χ2n) is 4.69. The molecule has 0 bridgehead atoms. The molecule has 1 aromatic rings. The van der Waals surface area contributed by atoms with Crippen molar-refractivity contribution in [2.75, 3.05) is 11.5 Å². The highest BCUT2D eigenvalue weighted by molar-refractivity contribution is 7.99. The fourth-order valence-corrected chi connectivity index (χ4v) is 3.72. The molecule has 88 valence electrons. The summed E-state index contributed by atoms with van der Waals surface area (Å²) in [5.74, 6) is 5.19. The molecule has 0 saturated carbocycles. The van der Waals surface area contributed by atoms with Crippen molar-refractivity contribution >= 4 is 11.8 Å². The molecule has 3 heterocycles. The van der Waals surface area contributed by atoms with E-state index in [-0.39, 0.29) is 6.10 Å². The highest BCUT2D eigenvalue weighted by Gasteiger charge is 2.26. The van der Waals surface area contributed by atoms with Crippen molar-refractivity contribution in [3.63, 3.8) is 0 Å². The zero-order valence-electron chi connectivity index (χ0n) is 9.30. The normalized spacial score (nSPS) is 30.1. The lowest BCUT2D eigenvalue weighted by atomic mass is 10.0. The quantitative estimate of drug-likeness (QED) is 0.800. The molecule has 2 aliphatic rings. The zero-order valence-corrected chi connectivity index (χ0v) is 10.1. The van der Waals surface area contributed by atoms with Crippen LogP contribution in [0.15, 0.2) is 0 Å². The predicted molar refractivity (Wildman–Crippen MR) is 63.6 cm³/mol. The van der Waals surface area contributed by atoms with Gasteiger partial charge in [0.1, 0.15) is 11.6 Å². The maximum atomic E-state index is 9.59. The third-order valence-electron chi connectivity index (χ3n) is 3.49. The van der Waals surface area contributed by atoms with Crippen molar-refractivity contribution in [3.05, 3.63) is 11.6 Å². The van der Waals surface area contributed by atoms with Gasteiger partial charge in [-0.15, -0.1) is 10.2 Å². The van der Waals surface area contributed by atoms with Crippen molar-refractivity contribution in [2.24, 2.45) is 0 Å². The lowest BCUT2D eigenvalue weighted by Gasteiger charge is -2.24. The van der Waals surface area contributed by atoms with Crippen LogP contribution in [-0.2, 0) is 13.0 Å². The first-order chi connectivity index (χ1) is 7.84. The highest BCUT2D eigenvalue weighted by atomic mass is 32.2. The lowest BCUT2D eigenvalue weighted by Crippen LogP contribution is -2.25. The molecule has 0 spiro atoms. The summed E-state index contributed by atoms with van der Waals surface area (Å²) < 4.78 is 2.24. The number of nitrogens with zero attached hydrogens (tertiary/aromatic N) is 3. The van der Waals surface area contributed by atoms with Crippen LogP contribution in [0.4, 0.5) is 0 Å². The first-order valence-electron chi connectivity index (χ1n) is 6.02. The van der Waals surface area contributed by atoms with Crippen LogP contribution in [0.3, 0.4) is 0 Å². The fraction of sp³-hybridized carbons (Fsp3) is 0.818. The van der Waals surface area contributed by atoms with Crippen molar-refractivity contribution in [1.29, 1.82) is 0 Å². The smallest absolute Gasteiger partial charge is 0.136 e. The van der Waals surface area contributed by atoms with Gasteiger partial charge in [0.15, 0.2) is 0 Å². The molecule has 0 radical (unpaired) electrons. The van der Waals surface area contributed by atoms with Gasteiger partial charge in [-0.05, 0) is 25.0 Å². The molecule has 3 rings (SSSR count). The summed E-state index contributed by atoms with van der Waals surface area (Å²) in [7, 11) is 0. The summed E-state index contributed by atoms with van der Waals surface area (Å²) in [6.07, 6.45) is 3.84. The van der Waals surface area contributed by atoms with Gasteiger partial charge < -0.3 is 9.67 Å². The van der Waals surface area contributed by atoms with E-state index in [9.17, 15) is 5.11 Å². The number of aliphatic hydroxyl groups excluding tert-OH is 1. The minimum atomic E-state index is -0.217. The SMILES string of the molecule is OC1CCn2c(nnc2C2CCCSC2)C1. The molecule has 0 aliphatic carbocycles. The lowest BCUT2D eigenvalue weighted by molar-refractivity contribution is 0.140. The fourth-order valence-electron chi connectivity index (χ4n) is 2.58. The highest BCUT2D eigenvalue weighted by Crippen LogP contribution is 2.31. The van der Waals surface area contributed by atoms with Crippen molar-refractivity contribution in [3.8, 4) is 0 Å². The molecular formula is C11H17N3OS. The van der Waals surface area contributed by atoms with E-state index < -0.39 is 0 Å². The van der Waals surface area contributed by atoms with Crippen molar-refractivity contribution < 1.29 is 5.11 Å². The number of thioether (sulfide) groups is 1. The van der Waals surface area contributed by atoms with Gasteiger partial charge in [-0.2, -0.15) is 11.8 Å². The molecule has 0 aromatic carbocycles. The number of hydrogen-bond donors (Lipinski definition) is 1. The van der Waals surface area contributed by atoms with Crippen molar-refractivity contribution in [1.82, 2.24) is 14.8 Å². The summed E-state index contributed by atoms with van der Waals surface area (Å²) in [4.78, 5) is 0. The van der Waals surface area contributed by atoms with Gasteiger partial charge in [-0.1, -0.05) is 0 Å². The molecular weight excluding hydrogens is 222 g/mol. The van der Waals surface area contributed by atoms with E-state index >= 15 is 0 Å². The standard InChI is InChI=1S/C11H17N3OS/c15-9-3-4-14-10(6-9)12-13-11(14)8-2-1-5-16-7-8/h8-9,15H,1-7H2. The number of aromatic nitrogens is 3. The van der Waals surface area contributed by atoms with E-state index in [2.05, 4.69) is 14.8 Å². The Morgan fingerprint density at radius 1 is 1.31 bits per heavy atom. The molecule has 1 aromatic heterocycles. The summed E-state index contributed by atoms with van der Waals surface area (Å²) in [5.41, 5.74) is 0. The van der Waals surface area contributed by atoms with Crippen LogP contribution < -0.4 is 0 Å².